The minimum absolute atomic E-state index is 0.00689. The molecule has 0 aromatic rings. The second-order valence-corrected chi connectivity index (χ2v) is 21.0. The van der Waals surface area contributed by atoms with E-state index in [1.807, 2.05) is 0 Å². The Labute approximate surface area is 424 Å². The van der Waals surface area contributed by atoms with E-state index in [9.17, 15) is 19.8 Å². The normalized spacial score (nSPS) is 12.7. The maximum atomic E-state index is 12.4. The van der Waals surface area contributed by atoms with Crippen LogP contribution in [-0.2, 0) is 14.3 Å². The Hall–Kier alpha value is -1.66. The predicted octanol–water partition coefficient (Wildman–Crippen LogP) is 19.0. The highest BCUT2D eigenvalue weighted by Crippen LogP contribution is 2.17. The molecule has 0 aliphatic rings. The Morgan fingerprint density at radius 1 is 0.397 bits per heavy atom. The molecule has 0 aliphatic carbocycles. The van der Waals surface area contributed by atoms with E-state index in [-0.39, 0.29) is 18.5 Å². The predicted molar refractivity (Wildman–Crippen MR) is 296 cm³/mol. The van der Waals surface area contributed by atoms with Gasteiger partial charge in [-0.25, -0.2) is 0 Å². The van der Waals surface area contributed by atoms with Gasteiger partial charge in [0.25, 0.3) is 0 Å². The van der Waals surface area contributed by atoms with E-state index >= 15 is 0 Å². The lowest BCUT2D eigenvalue weighted by Gasteiger charge is -2.22. The number of aliphatic hydroxyl groups is 2. The fourth-order valence-electron chi connectivity index (χ4n) is 9.51. The van der Waals surface area contributed by atoms with Crippen molar-refractivity contribution >= 4 is 11.9 Å². The standard InChI is InChI=1S/C62H119NO5/c1-3-5-7-9-11-13-15-17-18-25-29-32-36-40-44-48-52-56-62(67)68-57-53-49-45-41-37-33-30-27-24-22-20-19-21-23-26-28-31-35-39-43-47-51-55-61(66)63-59(58-64)60(65)54-50-46-42-38-34-16-14-12-10-8-6-4-2/h17-18,21,23,59-60,64-65H,3-16,19-20,22,24-58H2,1-2H3,(H,63,66)/b18-17-,23-21-. The monoisotopic (exact) mass is 958 g/mol. The number of aliphatic hydroxyl groups excluding tert-OH is 2. The number of nitrogens with one attached hydrogen (secondary N) is 1. The van der Waals surface area contributed by atoms with Crippen LogP contribution in [0.5, 0.6) is 0 Å². The first-order chi connectivity index (χ1) is 33.5. The number of ether oxygens (including phenoxy) is 1. The SMILES string of the molecule is CCCCCCCC/C=C\CCCCCCCCCC(=O)OCCCCCCCCCCCCC/C=C\CCCCCCCCCC(=O)NC(CO)C(O)CCCCCCCCCCCCCC. The van der Waals surface area contributed by atoms with Gasteiger partial charge in [0, 0.05) is 12.8 Å². The van der Waals surface area contributed by atoms with Crippen LogP contribution in [0.3, 0.4) is 0 Å². The van der Waals surface area contributed by atoms with E-state index in [2.05, 4.69) is 43.5 Å². The minimum Gasteiger partial charge on any atom is -0.466 e. The summed E-state index contributed by atoms with van der Waals surface area (Å²) >= 11 is 0. The Balaban J connectivity index is 3.39. The van der Waals surface area contributed by atoms with E-state index < -0.39 is 12.1 Å². The minimum atomic E-state index is -0.667. The number of carbonyl (C=O) groups is 2. The Morgan fingerprint density at radius 3 is 1.04 bits per heavy atom. The van der Waals surface area contributed by atoms with E-state index in [4.69, 9.17) is 4.74 Å². The molecule has 0 aliphatic heterocycles. The molecule has 68 heavy (non-hydrogen) atoms. The van der Waals surface area contributed by atoms with Gasteiger partial charge in [0.05, 0.1) is 25.4 Å². The van der Waals surface area contributed by atoms with Crippen LogP contribution in [0.15, 0.2) is 24.3 Å². The molecule has 0 fully saturated rings. The number of allylic oxidation sites excluding steroid dienone is 4. The second kappa shape index (κ2) is 57.9. The molecular formula is C62H119NO5. The first kappa shape index (κ1) is 66.3. The summed E-state index contributed by atoms with van der Waals surface area (Å²) in [7, 11) is 0. The molecular weight excluding hydrogens is 839 g/mol. The molecule has 0 saturated heterocycles. The van der Waals surface area contributed by atoms with Crippen molar-refractivity contribution in [3.8, 4) is 0 Å². The summed E-state index contributed by atoms with van der Waals surface area (Å²) in [5.74, 6) is -0.0348. The number of amides is 1. The zero-order valence-electron chi connectivity index (χ0n) is 45.9. The third kappa shape index (κ3) is 53.7. The van der Waals surface area contributed by atoms with Crippen LogP contribution in [0.4, 0.5) is 0 Å². The first-order valence-electron chi connectivity index (χ1n) is 30.6. The molecule has 2 atom stereocenters. The van der Waals surface area contributed by atoms with Gasteiger partial charge in [0.2, 0.25) is 5.91 Å². The number of esters is 1. The van der Waals surface area contributed by atoms with Gasteiger partial charge >= 0.3 is 5.97 Å². The smallest absolute Gasteiger partial charge is 0.305 e. The van der Waals surface area contributed by atoms with Gasteiger partial charge in [-0.1, -0.05) is 269 Å². The van der Waals surface area contributed by atoms with Crippen LogP contribution in [0.1, 0.15) is 335 Å². The molecule has 0 aromatic carbocycles. The number of rotatable bonds is 57. The van der Waals surface area contributed by atoms with Crippen LogP contribution < -0.4 is 5.32 Å². The van der Waals surface area contributed by atoms with Crippen LogP contribution in [-0.4, -0.2) is 47.4 Å². The van der Waals surface area contributed by atoms with Crippen LogP contribution >= 0.6 is 0 Å². The van der Waals surface area contributed by atoms with Crippen molar-refractivity contribution in [2.45, 2.75) is 347 Å². The summed E-state index contributed by atoms with van der Waals surface area (Å²) < 4.78 is 5.49. The van der Waals surface area contributed by atoms with E-state index in [1.165, 1.54) is 257 Å². The summed E-state index contributed by atoms with van der Waals surface area (Å²) in [6.45, 7) is 4.95. The van der Waals surface area contributed by atoms with Gasteiger partial charge in [0.15, 0.2) is 0 Å². The number of hydrogen-bond donors (Lipinski definition) is 3. The topological polar surface area (TPSA) is 95.9 Å². The van der Waals surface area contributed by atoms with Crippen LogP contribution in [0, 0.1) is 0 Å². The first-order valence-corrected chi connectivity index (χ1v) is 30.6. The number of unbranched alkanes of at least 4 members (excludes halogenated alkanes) is 42. The van der Waals surface area contributed by atoms with Gasteiger partial charge in [-0.15, -0.1) is 0 Å². The lowest BCUT2D eigenvalue weighted by molar-refractivity contribution is -0.143. The molecule has 0 saturated carbocycles. The molecule has 3 N–H and O–H groups in total. The summed E-state index contributed by atoms with van der Waals surface area (Å²) in [6.07, 6.45) is 70.4. The van der Waals surface area contributed by atoms with Gasteiger partial charge < -0.3 is 20.3 Å². The molecule has 0 radical (unpaired) electrons. The van der Waals surface area contributed by atoms with Crippen molar-refractivity contribution in [2.24, 2.45) is 0 Å². The fourth-order valence-corrected chi connectivity index (χ4v) is 9.51. The van der Waals surface area contributed by atoms with E-state index in [0.29, 0.717) is 25.9 Å². The van der Waals surface area contributed by atoms with Crippen LogP contribution in [0.25, 0.3) is 0 Å². The Bertz CT molecular complexity index is 1060. The fraction of sp³-hybridized carbons (Fsp3) is 0.903. The lowest BCUT2D eigenvalue weighted by Crippen LogP contribution is -2.45. The highest BCUT2D eigenvalue weighted by Gasteiger charge is 2.20. The zero-order chi connectivity index (χ0) is 49.3. The largest absolute Gasteiger partial charge is 0.466 e. The summed E-state index contributed by atoms with van der Waals surface area (Å²) in [5.41, 5.74) is 0. The highest BCUT2D eigenvalue weighted by atomic mass is 16.5. The maximum absolute atomic E-state index is 12.4. The summed E-state index contributed by atoms with van der Waals surface area (Å²) in [4.78, 5) is 24.5. The lowest BCUT2D eigenvalue weighted by atomic mass is 10.0. The van der Waals surface area contributed by atoms with Gasteiger partial charge in [-0.2, -0.15) is 0 Å². The van der Waals surface area contributed by atoms with E-state index in [0.717, 1.165) is 44.9 Å². The number of hydrogen-bond acceptors (Lipinski definition) is 5. The molecule has 0 spiro atoms. The quantitative estimate of drug-likeness (QED) is 0.0321. The highest BCUT2D eigenvalue weighted by molar-refractivity contribution is 5.76. The third-order valence-corrected chi connectivity index (χ3v) is 14.2. The molecule has 402 valence electrons. The van der Waals surface area contributed by atoms with Gasteiger partial charge in [0.1, 0.15) is 0 Å². The van der Waals surface area contributed by atoms with Crippen molar-refractivity contribution in [3.05, 3.63) is 24.3 Å². The van der Waals surface area contributed by atoms with Crippen molar-refractivity contribution < 1.29 is 24.5 Å². The Kier molecular flexibility index (Phi) is 56.5. The Morgan fingerprint density at radius 2 is 0.691 bits per heavy atom. The maximum Gasteiger partial charge on any atom is 0.305 e. The van der Waals surface area contributed by atoms with Crippen molar-refractivity contribution in [1.82, 2.24) is 5.32 Å². The molecule has 1 amide bonds. The number of carbonyl (C=O) groups excluding carboxylic acids is 2. The average Bonchev–Trinajstić information content (AvgIpc) is 3.34. The average molecular weight is 959 g/mol. The zero-order valence-corrected chi connectivity index (χ0v) is 45.9. The summed E-state index contributed by atoms with van der Waals surface area (Å²) in [5, 5.41) is 23.2. The van der Waals surface area contributed by atoms with Gasteiger partial charge in [-0.05, 0) is 77.0 Å². The molecule has 2 unspecified atom stereocenters. The molecule has 0 aromatic heterocycles. The third-order valence-electron chi connectivity index (χ3n) is 14.2. The molecule has 0 rings (SSSR count). The molecule has 0 bridgehead atoms. The van der Waals surface area contributed by atoms with Crippen molar-refractivity contribution in [1.29, 1.82) is 0 Å². The molecule has 6 heteroatoms. The van der Waals surface area contributed by atoms with Crippen molar-refractivity contribution in [2.75, 3.05) is 13.2 Å². The molecule has 6 nitrogen and oxygen atoms in total. The van der Waals surface area contributed by atoms with Crippen LogP contribution in [0.2, 0.25) is 0 Å². The molecule has 0 heterocycles. The van der Waals surface area contributed by atoms with E-state index in [1.54, 1.807) is 0 Å². The summed E-state index contributed by atoms with van der Waals surface area (Å²) in [6, 6.07) is -0.545. The van der Waals surface area contributed by atoms with Crippen molar-refractivity contribution in [3.63, 3.8) is 0 Å². The second-order valence-electron chi connectivity index (χ2n) is 21.0. The van der Waals surface area contributed by atoms with Gasteiger partial charge in [-0.3, -0.25) is 9.59 Å².